The summed E-state index contributed by atoms with van der Waals surface area (Å²) in [5.74, 6) is 0.0181. The van der Waals surface area contributed by atoms with Crippen molar-refractivity contribution in [3.05, 3.63) is 152 Å². The van der Waals surface area contributed by atoms with Crippen molar-refractivity contribution in [1.82, 2.24) is 9.97 Å². The predicted molar refractivity (Wildman–Crippen MR) is 152 cm³/mol. The van der Waals surface area contributed by atoms with Crippen LogP contribution in [0.2, 0.25) is 0 Å². The third-order valence-corrected chi connectivity index (χ3v) is 4.96. The van der Waals surface area contributed by atoms with Gasteiger partial charge in [0.15, 0.2) is 0 Å². The van der Waals surface area contributed by atoms with E-state index in [1.807, 2.05) is 62.4 Å². The van der Waals surface area contributed by atoms with Crippen LogP contribution < -0.4 is 10.2 Å². The Labute approximate surface area is 265 Å². The molecule has 2 aromatic heterocycles. The standard InChI is InChI=1S/2C14H14N2O.2Cu.2N3/c2*1-11(13-7-2-3-8-14(13)17)16-10-12-6-4-5-9-15-12;;;2*1-3-2/h2*2-9,17H,10H2,1H3;;;;/q;;2*+2;2*-1/p-2. The SMILES string of the molecule is CC(=NCc1ccccn1)c1ccccc1[O-].CC(=NCc1ccccn1)c1ccccc1[O-].[Cu+2].[Cu+2].[N-]=[N+]=[N-].[N-]=[N+]=[N-]. The number of aliphatic imine (C=N–C) groups is 2. The van der Waals surface area contributed by atoms with Gasteiger partial charge in [0.2, 0.25) is 0 Å². The van der Waals surface area contributed by atoms with Crippen LogP contribution in [0.5, 0.6) is 11.5 Å². The molecular formula is C28H26Cu2N10O2. The zero-order chi connectivity index (χ0) is 29.6. The normalized spacial score (nSPS) is 9.67. The van der Waals surface area contributed by atoms with E-state index in [0.29, 0.717) is 24.2 Å². The minimum absolute atomic E-state index is 0. The average Bonchev–Trinajstić information content (AvgIpc) is 2.97. The maximum atomic E-state index is 11.6. The van der Waals surface area contributed by atoms with E-state index in [4.69, 9.17) is 22.1 Å². The van der Waals surface area contributed by atoms with Gasteiger partial charge in [-0.3, -0.25) is 29.8 Å². The quantitative estimate of drug-likeness (QED) is 0.0792. The van der Waals surface area contributed by atoms with Gasteiger partial charge in [-0.2, -0.15) is 0 Å². The fraction of sp³-hybridized carbons (Fsp3) is 0.143. The number of nitrogens with zero attached hydrogens (tertiary/aromatic N) is 10. The minimum atomic E-state index is 0. The summed E-state index contributed by atoms with van der Waals surface area (Å²) in [7, 11) is 0. The van der Waals surface area contributed by atoms with Crippen LogP contribution in [0.3, 0.4) is 0 Å². The fourth-order valence-electron chi connectivity index (χ4n) is 3.08. The molecule has 2 aromatic carbocycles. The molecule has 0 spiro atoms. The molecule has 222 valence electrons. The van der Waals surface area contributed by atoms with E-state index >= 15 is 0 Å². The second-order valence-corrected chi connectivity index (χ2v) is 7.62. The number of pyridine rings is 2. The van der Waals surface area contributed by atoms with Crippen molar-refractivity contribution in [3.8, 4) is 11.5 Å². The monoisotopic (exact) mass is 660 g/mol. The van der Waals surface area contributed by atoms with Gasteiger partial charge >= 0.3 is 34.1 Å². The molecule has 14 heteroatoms. The second-order valence-electron chi connectivity index (χ2n) is 7.62. The predicted octanol–water partition coefficient (Wildman–Crippen LogP) is 6.06. The smallest absolute Gasteiger partial charge is 0.872 e. The van der Waals surface area contributed by atoms with Crippen LogP contribution in [0, 0.1) is 0 Å². The van der Waals surface area contributed by atoms with E-state index in [1.54, 1.807) is 48.8 Å². The van der Waals surface area contributed by atoms with Crippen LogP contribution in [0.1, 0.15) is 36.4 Å². The minimum Gasteiger partial charge on any atom is -0.872 e. The Bertz CT molecular complexity index is 1330. The van der Waals surface area contributed by atoms with Crippen molar-refractivity contribution in [3.63, 3.8) is 0 Å². The van der Waals surface area contributed by atoms with Crippen LogP contribution in [0.25, 0.3) is 31.9 Å². The van der Waals surface area contributed by atoms with Gasteiger partial charge < -0.3 is 32.3 Å². The summed E-state index contributed by atoms with van der Waals surface area (Å²) >= 11 is 0. The summed E-state index contributed by atoms with van der Waals surface area (Å²) in [6.45, 7) is 4.70. The number of hydrogen-bond acceptors (Lipinski definition) is 6. The molecule has 12 nitrogen and oxygen atoms in total. The second kappa shape index (κ2) is 24.2. The Morgan fingerprint density at radius 1 is 0.595 bits per heavy atom. The van der Waals surface area contributed by atoms with E-state index < -0.39 is 0 Å². The maximum Gasteiger partial charge on any atom is 2.00 e. The Morgan fingerprint density at radius 3 is 1.19 bits per heavy atom. The van der Waals surface area contributed by atoms with Crippen molar-refractivity contribution in [2.75, 3.05) is 0 Å². The van der Waals surface area contributed by atoms with Crippen LogP contribution >= 0.6 is 0 Å². The van der Waals surface area contributed by atoms with Crippen molar-refractivity contribution < 1.29 is 44.4 Å². The zero-order valence-corrected chi connectivity index (χ0v) is 24.4. The summed E-state index contributed by atoms with van der Waals surface area (Å²) in [5.41, 5.74) is 31.6. The molecular weight excluding hydrogens is 635 g/mol. The molecule has 4 aromatic rings. The largest absolute Gasteiger partial charge is 2.00 e. The third-order valence-electron chi connectivity index (χ3n) is 4.96. The molecule has 2 heterocycles. The number of rotatable bonds is 6. The van der Waals surface area contributed by atoms with E-state index in [-0.39, 0.29) is 45.6 Å². The van der Waals surface area contributed by atoms with Gasteiger partial charge in [0.1, 0.15) is 0 Å². The first kappa shape index (κ1) is 39.5. The fourth-order valence-corrected chi connectivity index (χ4v) is 3.08. The van der Waals surface area contributed by atoms with Gasteiger partial charge in [-0.15, -0.1) is 0 Å². The summed E-state index contributed by atoms with van der Waals surface area (Å²) < 4.78 is 0. The number of hydrogen-bond donors (Lipinski definition) is 0. The molecule has 4 rings (SSSR count). The summed E-state index contributed by atoms with van der Waals surface area (Å²) in [4.78, 5) is 20.1. The average molecular weight is 662 g/mol. The molecule has 0 aliphatic rings. The van der Waals surface area contributed by atoms with Crippen LogP contribution in [-0.4, -0.2) is 21.4 Å². The Morgan fingerprint density at radius 2 is 0.905 bits per heavy atom. The first-order valence-electron chi connectivity index (χ1n) is 11.7. The van der Waals surface area contributed by atoms with Gasteiger partial charge in [-0.25, -0.2) is 0 Å². The van der Waals surface area contributed by atoms with E-state index in [2.05, 4.69) is 20.0 Å². The van der Waals surface area contributed by atoms with Gasteiger partial charge in [0, 0.05) is 23.8 Å². The number of para-hydroxylation sites is 2. The number of aromatic nitrogens is 2. The van der Waals surface area contributed by atoms with E-state index in [0.717, 1.165) is 22.8 Å². The molecule has 0 fully saturated rings. The molecule has 2 radical (unpaired) electrons. The first-order valence-corrected chi connectivity index (χ1v) is 11.7. The van der Waals surface area contributed by atoms with Gasteiger partial charge in [0.25, 0.3) is 0 Å². The molecule has 0 saturated carbocycles. The van der Waals surface area contributed by atoms with Gasteiger partial charge in [-0.1, -0.05) is 72.2 Å². The van der Waals surface area contributed by atoms with Crippen LogP contribution in [0.4, 0.5) is 0 Å². The van der Waals surface area contributed by atoms with Crippen LogP contribution in [-0.2, 0) is 47.2 Å². The van der Waals surface area contributed by atoms with Crippen LogP contribution in [0.15, 0.2) is 107 Å². The van der Waals surface area contributed by atoms with Crippen molar-refractivity contribution in [1.29, 1.82) is 0 Å². The summed E-state index contributed by atoms with van der Waals surface area (Å²) in [5, 5.41) is 23.2. The molecule has 0 saturated heterocycles. The Kier molecular flexibility index (Phi) is 22.7. The molecule has 0 N–H and O–H groups in total. The van der Waals surface area contributed by atoms with E-state index in [1.165, 1.54) is 9.82 Å². The summed E-state index contributed by atoms with van der Waals surface area (Å²) in [6.07, 6.45) is 3.48. The molecule has 0 amide bonds. The van der Waals surface area contributed by atoms with Crippen molar-refractivity contribution >= 4 is 11.4 Å². The third kappa shape index (κ3) is 15.8. The maximum absolute atomic E-state index is 11.6. The Hall–Kier alpha value is -4.66. The topological polar surface area (TPSA) is 214 Å². The van der Waals surface area contributed by atoms with Gasteiger partial charge in [-0.05, 0) is 49.2 Å². The first-order chi connectivity index (χ1) is 19.4. The molecule has 0 unspecified atom stereocenters. The van der Waals surface area contributed by atoms with Crippen molar-refractivity contribution in [2.24, 2.45) is 9.98 Å². The molecule has 0 aliphatic carbocycles. The van der Waals surface area contributed by atoms with E-state index in [9.17, 15) is 10.2 Å². The van der Waals surface area contributed by atoms with Gasteiger partial charge in [0.05, 0.1) is 24.5 Å². The molecule has 0 aliphatic heterocycles. The molecule has 42 heavy (non-hydrogen) atoms. The zero-order valence-electron chi connectivity index (χ0n) is 22.5. The molecule has 0 atom stereocenters. The summed E-state index contributed by atoms with van der Waals surface area (Å²) in [6, 6.07) is 25.3. The Balaban J connectivity index is 0. The molecule has 0 bridgehead atoms. The van der Waals surface area contributed by atoms with Crippen molar-refractivity contribution in [2.45, 2.75) is 26.9 Å². The number of benzene rings is 2.